The maximum atomic E-state index is 12.9. The lowest BCUT2D eigenvalue weighted by Gasteiger charge is -2.38. The molecule has 1 aliphatic rings. The molecular weight excluding hydrogens is 317 g/mol. The summed E-state index contributed by atoms with van der Waals surface area (Å²) in [4.78, 5) is 17.0. The molecule has 1 unspecified atom stereocenters. The van der Waals surface area contributed by atoms with Crippen LogP contribution in [0.4, 0.5) is 15.8 Å². The highest BCUT2D eigenvalue weighted by Gasteiger charge is 2.25. The predicted octanol–water partition coefficient (Wildman–Crippen LogP) is 3.28. The van der Waals surface area contributed by atoms with Gasteiger partial charge in [-0.15, -0.1) is 0 Å². The van der Waals surface area contributed by atoms with Gasteiger partial charge in [0.25, 0.3) is 0 Å². The van der Waals surface area contributed by atoms with Crippen LogP contribution in [0.25, 0.3) is 0 Å². The van der Waals surface area contributed by atoms with Crippen molar-refractivity contribution in [3.8, 4) is 0 Å². The normalized spacial score (nSPS) is 16.5. The summed E-state index contributed by atoms with van der Waals surface area (Å²) in [5.74, 6) is -0.367. The zero-order valence-corrected chi connectivity index (χ0v) is 14.7. The van der Waals surface area contributed by atoms with Gasteiger partial charge in [-0.05, 0) is 50.2 Å². The largest absolute Gasteiger partial charge is 0.369 e. The van der Waals surface area contributed by atoms with Gasteiger partial charge in [0, 0.05) is 37.6 Å². The Bertz CT molecular complexity index is 707. The SMILES string of the molecule is Cc1ccc(N2CCN(C(C)C(=O)Nc3ccc(F)cc3)CC2)cc1. The van der Waals surface area contributed by atoms with E-state index in [9.17, 15) is 9.18 Å². The van der Waals surface area contributed by atoms with Gasteiger partial charge in [-0.3, -0.25) is 9.69 Å². The van der Waals surface area contributed by atoms with Crippen molar-refractivity contribution in [1.82, 2.24) is 4.90 Å². The number of hydrogen-bond acceptors (Lipinski definition) is 3. The molecule has 0 aromatic heterocycles. The monoisotopic (exact) mass is 341 g/mol. The van der Waals surface area contributed by atoms with Gasteiger partial charge in [0.05, 0.1) is 6.04 Å². The first-order valence-corrected chi connectivity index (χ1v) is 8.65. The Morgan fingerprint density at radius 1 is 1.00 bits per heavy atom. The quantitative estimate of drug-likeness (QED) is 0.927. The Morgan fingerprint density at radius 3 is 2.20 bits per heavy atom. The molecule has 2 aromatic rings. The molecular formula is C20H24FN3O. The number of anilines is 2. The molecule has 1 N–H and O–H groups in total. The third-order valence-electron chi connectivity index (χ3n) is 4.75. The van der Waals surface area contributed by atoms with Gasteiger partial charge >= 0.3 is 0 Å². The number of benzene rings is 2. The average molecular weight is 341 g/mol. The van der Waals surface area contributed by atoms with Crippen molar-refractivity contribution in [3.05, 3.63) is 59.9 Å². The molecule has 0 spiro atoms. The van der Waals surface area contributed by atoms with Gasteiger partial charge < -0.3 is 10.2 Å². The second kappa shape index (κ2) is 7.66. The molecule has 1 aliphatic heterocycles. The van der Waals surface area contributed by atoms with E-state index in [1.165, 1.54) is 23.4 Å². The molecule has 0 radical (unpaired) electrons. The van der Waals surface area contributed by atoms with Crippen LogP contribution in [0.3, 0.4) is 0 Å². The van der Waals surface area contributed by atoms with Crippen LogP contribution in [0.15, 0.2) is 48.5 Å². The number of nitrogens with one attached hydrogen (secondary N) is 1. The molecule has 0 aliphatic carbocycles. The lowest BCUT2D eigenvalue weighted by molar-refractivity contribution is -0.120. The number of aryl methyl sites for hydroxylation is 1. The van der Waals surface area contributed by atoms with Crippen molar-refractivity contribution >= 4 is 17.3 Å². The van der Waals surface area contributed by atoms with Crippen LogP contribution in [0.5, 0.6) is 0 Å². The van der Waals surface area contributed by atoms with E-state index in [0.29, 0.717) is 5.69 Å². The minimum Gasteiger partial charge on any atom is -0.369 e. The molecule has 3 rings (SSSR count). The highest BCUT2D eigenvalue weighted by molar-refractivity contribution is 5.94. The number of carbonyl (C=O) groups is 1. The van der Waals surface area contributed by atoms with E-state index in [0.717, 1.165) is 26.2 Å². The number of piperazine rings is 1. The van der Waals surface area contributed by atoms with Crippen molar-refractivity contribution in [3.63, 3.8) is 0 Å². The first-order chi connectivity index (χ1) is 12.0. The average Bonchev–Trinajstić information content (AvgIpc) is 2.64. The minimum atomic E-state index is -0.307. The summed E-state index contributed by atoms with van der Waals surface area (Å²) in [5.41, 5.74) is 3.11. The van der Waals surface area contributed by atoms with Gasteiger partial charge in [-0.2, -0.15) is 0 Å². The smallest absolute Gasteiger partial charge is 0.241 e. The number of nitrogens with zero attached hydrogens (tertiary/aromatic N) is 2. The molecule has 25 heavy (non-hydrogen) atoms. The highest BCUT2D eigenvalue weighted by atomic mass is 19.1. The summed E-state index contributed by atoms with van der Waals surface area (Å²) in [6.45, 7) is 7.48. The second-order valence-corrected chi connectivity index (χ2v) is 6.53. The van der Waals surface area contributed by atoms with Crippen LogP contribution in [0.2, 0.25) is 0 Å². The number of rotatable bonds is 4. The first kappa shape index (κ1) is 17.4. The Labute approximate surface area is 148 Å². The Balaban J connectivity index is 1.53. The van der Waals surface area contributed by atoms with Crippen molar-refractivity contribution in [2.45, 2.75) is 19.9 Å². The zero-order valence-electron chi connectivity index (χ0n) is 14.7. The van der Waals surface area contributed by atoms with Gasteiger partial charge in [-0.25, -0.2) is 4.39 Å². The van der Waals surface area contributed by atoms with Crippen LogP contribution in [-0.4, -0.2) is 43.0 Å². The first-order valence-electron chi connectivity index (χ1n) is 8.65. The van der Waals surface area contributed by atoms with E-state index >= 15 is 0 Å². The van der Waals surface area contributed by atoms with Gasteiger partial charge in [0.2, 0.25) is 5.91 Å². The van der Waals surface area contributed by atoms with Crippen LogP contribution < -0.4 is 10.2 Å². The van der Waals surface area contributed by atoms with E-state index in [-0.39, 0.29) is 17.8 Å². The summed E-state index contributed by atoms with van der Waals surface area (Å²) in [6, 6.07) is 14.2. The Kier molecular flexibility index (Phi) is 5.34. The standard InChI is InChI=1S/C20H24FN3O/c1-15-3-9-19(10-4-15)24-13-11-23(12-14-24)16(2)20(25)22-18-7-5-17(21)6-8-18/h3-10,16H,11-14H2,1-2H3,(H,22,25). The molecule has 1 atom stereocenters. The summed E-state index contributed by atoms with van der Waals surface area (Å²) in [7, 11) is 0. The highest BCUT2D eigenvalue weighted by Crippen LogP contribution is 2.18. The molecule has 4 nitrogen and oxygen atoms in total. The zero-order chi connectivity index (χ0) is 17.8. The summed E-state index contributed by atoms with van der Waals surface area (Å²) in [6.07, 6.45) is 0. The minimum absolute atomic E-state index is 0.0598. The number of carbonyl (C=O) groups excluding carboxylic acids is 1. The molecule has 1 fully saturated rings. The molecule has 1 saturated heterocycles. The fourth-order valence-corrected chi connectivity index (χ4v) is 3.07. The van der Waals surface area contributed by atoms with Gasteiger partial charge in [0.1, 0.15) is 5.82 Å². The molecule has 1 amide bonds. The van der Waals surface area contributed by atoms with E-state index in [1.54, 1.807) is 12.1 Å². The maximum Gasteiger partial charge on any atom is 0.241 e. The Morgan fingerprint density at radius 2 is 1.60 bits per heavy atom. The van der Waals surface area contributed by atoms with Crippen molar-refractivity contribution in [2.75, 3.05) is 36.4 Å². The molecule has 1 heterocycles. The molecule has 5 heteroatoms. The fraction of sp³-hybridized carbons (Fsp3) is 0.350. The lowest BCUT2D eigenvalue weighted by Crippen LogP contribution is -2.52. The van der Waals surface area contributed by atoms with E-state index in [2.05, 4.69) is 46.3 Å². The number of hydrogen-bond donors (Lipinski definition) is 1. The third kappa shape index (κ3) is 4.37. The van der Waals surface area contributed by atoms with Crippen LogP contribution in [-0.2, 0) is 4.79 Å². The summed E-state index contributed by atoms with van der Waals surface area (Å²) < 4.78 is 12.9. The summed E-state index contributed by atoms with van der Waals surface area (Å²) >= 11 is 0. The van der Waals surface area contributed by atoms with Crippen molar-refractivity contribution in [1.29, 1.82) is 0 Å². The molecule has 2 aromatic carbocycles. The topological polar surface area (TPSA) is 35.6 Å². The molecule has 0 bridgehead atoms. The Hall–Kier alpha value is -2.40. The number of halogens is 1. The number of amides is 1. The van der Waals surface area contributed by atoms with E-state index in [4.69, 9.17) is 0 Å². The van der Waals surface area contributed by atoms with Crippen LogP contribution in [0, 0.1) is 12.7 Å². The van der Waals surface area contributed by atoms with Crippen LogP contribution >= 0.6 is 0 Å². The predicted molar refractivity (Wildman–Crippen MR) is 99.5 cm³/mol. The van der Waals surface area contributed by atoms with Crippen molar-refractivity contribution < 1.29 is 9.18 Å². The summed E-state index contributed by atoms with van der Waals surface area (Å²) in [5, 5.41) is 2.85. The fourth-order valence-electron chi connectivity index (χ4n) is 3.07. The lowest BCUT2D eigenvalue weighted by atomic mass is 10.1. The second-order valence-electron chi connectivity index (χ2n) is 6.53. The third-order valence-corrected chi connectivity index (χ3v) is 4.75. The van der Waals surface area contributed by atoms with Gasteiger partial charge in [-0.1, -0.05) is 17.7 Å². The van der Waals surface area contributed by atoms with Crippen molar-refractivity contribution in [2.24, 2.45) is 0 Å². The van der Waals surface area contributed by atoms with E-state index in [1.807, 2.05) is 6.92 Å². The van der Waals surface area contributed by atoms with Gasteiger partial charge in [0.15, 0.2) is 0 Å². The van der Waals surface area contributed by atoms with Crippen LogP contribution in [0.1, 0.15) is 12.5 Å². The molecule has 132 valence electrons. The maximum absolute atomic E-state index is 12.9. The molecule has 0 saturated carbocycles. The van der Waals surface area contributed by atoms with E-state index < -0.39 is 0 Å².